The van der Waals surface area contributed by atoms with Crippen LogP contribution in [-0.4, -0.2) is 34.3 Å². The number of rotatable bonds is 3. The largest absolute Gasteiger partial charge is 0.302 e. The summed E-state index contributed by atoms with van der Waals surface area (Å²) in [5.41, 5.74) is 0. The van der Waals surface area contributed by atoms with E-state index in [1.54, 1.807) is 4.31 Å². The third-order valence-electron chi connectivity index (χ3n) is 1.73. The summed E-state index contributed by atoms with van der Waals surface area (Å²) in [4.78, 5) is 11.0. The van der Waals surface area contributed by atoms with Crippen molar-refractivity contribution in [2.45, 2.75) is 12.5 Å². The Morgan fingerprint density at radius 2 is 2.38 bits per heavy atom. The Morgan fingerprint density at radius 1 is 1.62 bits per heavy atom. The van der Waals surface area contributed by atoms with Gasteiger partial charge in [0.05, 0.1) is 6.54 Å². The number of carbonyl (C=O) groups excluding carboxylic acids is 1. The Kier molecular flexibility index (Phi) is 5.80. The Bertz CT molecular complexity index is 174. The van der Waals surface area contributed by atoms with Crippen LogP contribution in [0.2, 0.25) is 0 Å². The maximum absolute atomic E-state index is 11.0. The third-order valence-corrected chi connectivity index (χ3v) is 4.95. The van der Waals surface area contributed by atoms with Crippen molar-refractivity contribution < 1.29 is 4.79 Å². The maximum atomic E-state index is 11.0. The molecule has 1 N–H and O–H groups in total. The summed E-state index contributed by atoms with van der Waals surface area (Å²) in [6, 6.07) is 0.403. The van der Waals surface area contributed by atoms with Crippen LogP contribution >= 0.6 is 47.2 Å². The lowest BCUT2D eigenvalue weighted by molar-refractivity contribution is -0.119. The summed E-state index contributed by atoms with van der Waals surface area (Å²) in [6.45, 7) is 0.308. The number of hydrogen-bond donors (Lipinski definition) is 3. The second kappa shape index (κ2) is 6.34. The van der Waals surface area contributed by atoms with E-state index in [2.05, 4.69) is 30.4 Å². The number of nitrogens with zero attached hydrogens (tertiary/aromatic N) is 1. The highest BCUT2D eigenvalue weighted by Gasteiger charge is 2.20. The Hall–Kier alpha value is 0.830. The number of thiol groups is 2. The van der Waals surface area contributed by atoms with Gasteiger partial charge in [0.15, 0.2) is 0 Å². The molecule has 0 bridgehead atoms. The van der Waals surface area contributed by atoms with Crippen LogP contribution in [0.15, 0.2) is 0 Å². The molecule has 0 radical (unpaired) electrons. The maximum Gasteiger partial charge on any atom is 0.244 e. The highest BCUT2D eigenvalue weighted by atomic mass is 33.1. The van der Waals surface area contributed by atoms with Gasteiger partial charge in [-0.15, -0.1) is 0 Å². The van der Waals surface area contributed by atoms with Crippen molar-refractivity contribution in [1.82, 2.24) is 9.03 Å². The van der Waals surface area contributed by atoms with Gasteiger partial charge in [-0.05, 0) is 6.42 Å². The minimum Gasteiger partial charge on any atom is -0.302 e. The zero-order valence-electron chi connectivity index (χ0n) is 6.97. The van der Waals surface area contributed by atoms with Crippen molar-refractivity contribution in [3.8, 4) is 0 Å². The zero-order valence-corrected chi connectivity index (χ0v) is 10.4. The molecule has 0 saturated carbocycles. The smallest absolute Gasteiger partial charge is 0.244 e. The third kappa shape index (κ3) is 4.24. The van der Waals surface area contributed by atoms with Gasteiger partial charge in [0.1, 0.15) is 0 Å². The van der Waals surface area contributed by atoms with Crippen LogP contribution in [0.1, 0.15) is 6.42 Å². The van der Waals surface area contributed by atoms with E-state index in [9.17, 15) is 4.79 Å². The van der Waals surface area contributed by atoms with Crippen molar-refractivity contribution in [3.63, 3.8) is 0 Å². The first kappa shape index (κ1) is 11.9. The van der Waals surface area contributed by atoms with Crippen molar-refractivity contribution in [2.24, 2.45) is 0 Å². The van der Waals surface area contributed by atoms with E-state index < -0.39 is 0 Å². The van der Waals surface area contributed by atoms with E-state index in [4.69, 9.17) is 0 Å². The molecule has 7 heteroatoms. The van der Waals surface area contributed by atoms with E-state index in [1.807, 2.05) is 21.6 Å². The molecule has 76 valence electrons. The summed E-state index contributed by atoms with van der Waals surface area (Å²) in [5.74, 6) is 2.06. The molecule has 0 aliphatic carbocycles. The van der Waals surface area contributed by atoms with Gasteiger partial charge >= 0.3 is 0 Å². The SMILES string of the molecule is O=C(CN(S)C1CCSSC1)NS. The second-order valence-corrected chi connectivity index (χ2v) is 6.05. The number of hydrogen-bond acceptors (Lipinski definition) is 6. The Balaban J connectivity index is 2.28. The van der Waals surface area contributed by atoms with Gasteiger partial charge in [-0.2, -0.15) is 0 Å². The van der Waals surface area contributed by atoms with Crippen LogP contribution in [0, 0.1) is 0 Å². The minimum absolute atomic E-state index is 0.110. The molecular weight excluding hydrogens is 244 g/mol. The molecule has 1 heterocycles. The molecule has 0 aromatic rings. The molecule has 1 aliphatic rings. The average Bonchev–Trinajstić information content (AvgIpc) is 2.19. The topological polar surface area (TPSA) is 32.3 Å². The van der Waals surface area contributed by atoms with Gasteiger partial charge in [0, 0.05) is 17.5 Å². The van der Waals surface area contributed by atoms with E-state index >= 15 is 0 Å². The van der Waals surface area contributed by atoms with Gasteiger partial charge < -0.3 is 4.72 Å². The van der Waals surface area contributed by atoms with Crippen molar-refractivity contribution in [1.29, 1.82) is 0 Å². The highest BCUT2D eigenvalue weighted by molar-refractivity contribution is 8.76. The molecule has 1 unspecified atom stereocenters. The first-order chi connectivity index (χ1) is 6.24. The lowest BCUT2D eigenvalue weighted by Crippen LogP contribution is -2.37. The van der Waals surface area contributed by atoms with Crippen LogP contribution in [0.3, 0.4) is 0 Å². The lowest BCUT2D eigenvalue weighted by Gasteiger charge is -2.28. The van der Waals surface area contributed by atoms with Gasteiger partial charge in [-0.25, -0.2) is 4.31 Å². The standard InChI is InChI=1S/C6H12N2OS4/c9-6(7-10)3-8(11)5-1-2-12-13-4-5/h5,10-11H,1-4H2,(H,7,9). The van der Waals surface area contributed by atoms with Crippen LogP contribution in [-0.2, 0) is 4.79 Å². The predicted molar refractivity (Wildman–Crippen MR) is 66.1 cm³/mol. The molecule has 1 atom stereocenters. The zero-order chi connectivity index (χ0) is 9.68. The molecule has 0 spiro atoms. The molecule has 3 nitrogen and oxygen atoms in total. The fourth-order valence-electron chi connectivity index (χ4n) is 1.000. The summed E-state index contributed by atoms with van der Waals surface area (Å²) >= 11 is 7.97. The summed E-state index contributed by atoms with van der Waals surface area (Å²) in [7, 11) is 3.72. The predicted octanol–water partition coefficient (Wildman–Crippen LogP) is 1.25. The fraction of sp³-hybridized carbons (Fsp3) is 0.833. The molecule has 0 aromatic heterocycles. The summed E-state index contributed by atoms with van der Waals surface area (Å²) in [6.07, 6.45) is 1.10. The van der Waals surface area contributed by atoms with Crippen molar-refractivity contribution >= 4 is 53.1 Å². The molecule has 1 aliphatic heterocycles. The van der Waals surface area contributed by atoms with E-state index in [0.717, 1.165) is 17.9 Å². The molecule has 13 heavy (non-hydrogen) atoms. The van der Waals surface area contributed by atoms with E-state index in [-0.39, 0.29) is 5.91 Å². The van der Waals surface area contributed by atoms with Crippen molar-refractivity contribution in [3.05, 3.63) is 0 Å². The van der Waals surface area contributed by atoms with Crippen LogP contribution in [0.4, 0.5) is 0 Å². The Labute approximate surface area is 97.3 Å². The number of carbonyl (C=O) groups is 1. The minimum atomic E-state index is -0.110. The molecule has 0 aromatic carbocycles. The van der Waals surface area contributed by atoms with Gasteiger partial charge in [0.25, 0.3) is 0 Å². The second-order valence-electron chi connectivity index (χ2n) is 2.68. The molecule has 1 rings (SSSR count). The van der Waals surface area contributed by atoms with Gasteiger partial charge in [-0.1, -0.05) is 47.2 Å². The summed E-state index contributed by atoms with van der Waals surface area (Å²) in [5, 5.41) is 0. The monoisotopic (exact) mass is 256 g/mol. The normalized spacial score (nSPS) is 23.2. The lowest BCUT2D eigenvalue weighted by atomic mass is 10.2. The quantitative estimate of drug-likeness (QED) is 0.524. The number of amides is 1. The van der Waals surface area contributed by atoms with Crippen LogP contribution in [0.5, 0.6) is 0 Å². The summed E-state index contributed by atoms with van der Waals surface area (Å²) < 4.78 is 4.08. The van der Waals surface area contributed by atoms with Gasteiger partial charge in [-0.3, -0.25) is 4.79 Å². The van der Waals surface area contributed by atoms with E-state index in [1.165, 1.54) is 0 Å². The molecule has 1 fully saturated rings. The van der Waals surface area contributed by atoms with Crippen molar-refractivity contribution in [2.75, 3.05) is 18.1 Å². The first-order valence-corrected chi connectivity index (χ1v) is 7.20. The molecular formula is C6H12N2OS4. The number of nitrogens with one attached hydrogen (secondary N) is 1. The molecule has 1 saturated heterocycles. The van der Waals surface area contributed by atoms with E-state index in [0.29, 0.717) is 12.6 Å². The van der Waals surface area contributed by atoms with Crippen LogP contribution < -0.4 is 4.72 Å². The van der Waals surface area contributed by atoms with Crippen LogP contribution in [0.25, 0.3) is 0 Å². The Morgan fingerprint density at radius 3 is 2.92 bits per heavy atom. The highest BCUT2D eigenvalue weighted by Crippen LogP contribution is 2.31. The van der Waals surface area contributed by atoms with Gasteiger partial charge in [0.2, 0.25) is 5.91 Å². The first-order valence-electron chi connectivity index (χ1n) is 3.87. The average molecular weight is 256 g/mol. The fourth-order valence-corrected chi connectivity index (χ4v) is 3.99. The molecule has 1 amide bonds.